The summed E-state index contributed by atoms with van der Waals surface area (Å²) in [6.45, 7) is 25.2. The highest BCUT2D eigenvalue weighted by atomic mass is 127. The minimum Gasteiger partial charge on any atom is -1.00 e. The molecule has 0 bridgehead atoms. The van der Waals surface area contributed by atoms with Crippen LogP contribution in [0, 0.1) is 5.82 Å². The molecule has 12 rings (SSSR count). The number of benzene rings is 1. The minimum absolute atomic E-state index is 0. The number of hydrogen-bond donors (Lipinski definition) is 3. The van der Waals surface area contributed by atoms with Crippen molar-refractivity contribution in [2.75, 3.05) is 81.9 Å². The number of aromatic nitrogens is 9. The van der Waals surface area contributed by atoms with E-state index in [1.165, 1.54) is 12.1 Å². The van der Waals surface area contributed by atoms with Gasteiger partial charge in [-0.1, -0.05) is 12.1 Å². The van der Waals surface area contributed by atoms with Gasteiger partial charge in [0.2, 0.25) is 5.95 Å². The summed E-state index contributed by atoms with van der Waals surface area (Å²) in [6.07, 6.45) is 17.5. The monoisotopic (exact) mass is 1460 g/mol. The lowest BCUT2D eigenvalue weighted by Crippen LogP contribution is -3.00. The number of piperazine rings is 1. The molecule has 0 saturated carbocycles. The third-order valence-corrected chi connectivity index (χ3v) is 16.5. The van der Waals surface area contributed by atoms with Crippen LogP contribution in [0.25, 0.3) is 5.52 Å². The first-order valence-corrected chi connectivity index (χ1v) is 29.7. The number of H-pyrrole nitrogens is 1. The maximum atomic E-state index is 13.3. The second-order valence-electron chi connectivity index (χ2n) is 22.8. The number of fused-ring (bicyclic) bond motifs is 1. The van der Waals surface area contributed by atoms with Crippen LogP contribution in [0.3, 0.4) is 0 Å². The number of aliphatic hydroxyl groups excluding tert-OH is 1. The minimum atomic E-state index is -3.29. The molecular formula is C53H77B2BrFI2N12O11S-. The molecule has 6 aliphatic rings. The zero-order valence-corrected chi connectivity index (χ0v) is 55.5. The van der Waals surface area contributed by atoms with E-state index in [1.54, 1.807) is 43.2 Å². The average Bonchev–Trinajstić information content (AvgIpc) is 3.85. The predicted octanol–water partition coefficient (Wildman–Crippen LogP) is 1.96. The second-order valence-corrected chi connectivity index (χ2v) is 25.3. The number of rotatable bonds is 9. The van der Waals surface area contributed by atoms with Crippen molar-refractivity contribution in [2.45, 2.75) is 128 Å². The summed E-state index contributed by atoms with van der Waals surface area (Å²) >= 11 is 3.50. The number of anilines is 2. The van der Waals surface area contributed by atoms with Crippen molar-refractivity contribution in [3.8, 4) is 0 Å². The van der Waals surface area contributed by atoms with Crippen molar-refractivity contribution in [3.63, 3.8) is 0 Å². The largest absolute Gasteiger partial charge is 1.00 e. The van der Waals surface area contributed by atoms with E-state index in [1.807, 2.05) is 68.5 Å². The van der Waals surface area contributed by atoms with E-state index in [2.05, 4.69) is 93.0 Å². The molecule has 23 nitrogen and oxygen atoms in total. The zero-order chi connectivity index (χ0) is 58.4. The molecule has 4 atom stereocenters. The molecule has 456 valence electrons. The quantitative estimate of drug-likeness (QED) is 0.106. The molecule has 6 aromatic rings. The second kappa shape index (κ2) is 29.0. The van der Waals surface area contributed by atoms with Crippen molar-refractivity contribution >= 4 is 92.5 Å². The van der Waals surface area contributed by atoms with Crippen molar-refractivity contribution in [1.82, 2.24) is 44.5 Å². The molecule has 0 spiro atoms. The van der Waals surface area contributed by atoms with Gasteiger partial charge in [0.1, 0.15) is 23.8 Å². The molecule has 1 aromatic carbocycles. The van der Waals surface area contributed by atoms with E-state index in [-0.39, 0.29) is 103 Å². The van der Waals surface area contributed by atoms with Crippen molar-refractivity contribution < 1.29 is 78.9 Å². The standard InChI is InChI=1S/C22H22BrFN8.C13H21BN2O3.C9H15BN2O2.C5H10O4S.C4H8O2.2HI/c1-22(25,15-2-4-18(24)5-3-15)16-11-26-21(27-12-16)31-8-6-30(7-9-31)20-19-10-17(23)13-32(19)29-14-28-20;1-12(2)13(3,4)19-14(18-12)10-7-15-16(8-10)11-5-6-17-9-11;1-8(2)9(3,4)14-10(13-8)7-5-11-12-6-7;1-10(6,7)9-5-2-3-8-4-5;5-4-1-2-6-3-4;;/h2-5,10-14H,6-9,25H2,1H3;7-8,11H,5-6,9H2,1-4H3;5-6H,1-4H3,(H,11,12);5H,2-4H2,1H3;4-5H,1-3H2;2*1H/p-1/t22-;11-;;5-;4-;;/m01.00../s1. The van der Waals surface area contributed by atoms with Crippen LogP contribution >= 0.6 is 39.9 Å². The molecule has 0 unspecified atom stereocenters. The van der Waals surface area contributed by atoms with Crippen LogP contribution in [-0.2, 0) is 52.7 Å². The van der Waals surface area contributed by atoms with Crippen molar-refractivity contribution in [2.24, 2.45) is 5.73 Å². The summed E-state index contributed by atoms with van der Waals surface area (Å²) in [4.78, 5) is 18.0. The maximum Gasteiger partial charge on any atom is 0.498 e. The molecule has 6 fully saturated rings. The zero-order valence-electron chi connectivity index (χ0n) is 48.6. The first-order valence-electron chi connectivity index (χ1n) is 27.1. The Balaban J connectivity index is 0.000000184. The normalized spacial score (nSPS) is 22.8. The van der Waals surface area contributed by atoms with E-state index in [0.29, 0.717) is 38.2 Å². The average molecular weight is 1460 g/mol. The van der Waals surface area contributed by atoms with E-state index >= 15 is 0 Å². The Morgan fingerprint density at radius 1 is 0.759 bits per heavy atom. The van der Waals surface area contributed by atoms with Crippen LogP contribution in [0.15, 0.2) is 84.5 Å². The van der Waals surface area contributed by atoms with E-state index in [0.717, 1.165) is 103 Å². The van der Waals surface area contributed by atoms with Gasteiger partial charge in [0.05, 0.1) is 66.2 Å². The van der Waals surface area contributed by atoms with Gasteiger partial charge in [-0.2, -0.15) is 23.7 Å². The summed E-state index contributed by atoms with van der Waals surface area (Å²) in [5.41, 5.74) is 8.99. The summed E-state index contributed by atoms with van der Waals surface area (Å²) < 4.78 is 82.5. The van der Waals surface area contributed by atoms with Crippen molar-refractivity contribution in [3.05, 3.63) is 101 Å². The van der Waals surface area contributed by atoms with E-state index < -0.39 is 15.7 Å². The molecule has 4 N–H and O–H groups in total. The molecule has 0 aliphatic carbocycles. The number of nitrogens with zero attached hydrogens (tertiary/aromatic N) is 10. The first-order chi connectivity index (χ1) is 38.2. The van der Waals surface area contributed by atoms with Crippen LogP contribution in [0.2, 0.25) is 0 Å². The smallest absolute Gasteiger partial charge is 0.498 e. The fraction of sp³-hybridized carbons (Fsp3) is 0.585. The lowest BCUT2D eigenvalue weighted by molar-refractivity contribution is -0.0000305. The number of nitrogens with one attached hydrogen (secondary N) is 1. The molecule has 30 heteroatoms. The molecular weight excluding hydrogens is 1390 g/mol. The third kappa shape index (κ3) is 17.8. The highest BCUT2D eigenvalue weighted by Gasteiger charge is 2.53. The van der Waals surface area contributed by atoms with Gasteiger partial charge in [-0.25, -0.2) is 23.9 Å². The van der Waals surface area contributed by atoms with Gasteiger partial charge in [-0.15, -0.1) is 24.0 Å². The van der Waals surface area contributed by atoms with Gasteiger partial charge in [0, 0.05) is 117 Å². The van der Waals surface area contributed by atoms with Crippen LogP contribution in [0.4, 0.5) is 16.2 Å². The number of ether oxygens (including phenoxy) is 3. The molecule has 0 radical (unpaired) electrons. The number of nitrogens with two attached hydrogens (primary N) is 1. The third-order valence-electron chi connectivity index (χ3n) is 15.5. The van der Waals surface area contributed by atoms with Gasteiger partial charge in [0.15, 0.2) is 5.82 Å². The van der Waals surface area contributed by atoms with Crippen LogP contribution in [-0.4, -0.2) is 179 Å². The molecule has 11 heterocycles. The Bertz CT molecular complexity index is 3040. The van der Waals surface area contributed by atoms with Crippen molar-refractivity contribution in [1.29, 1.82) is 0 Å². The fourth-order valence-corrected chi connectivity index (χ4v) is 10.1. The fourth-order valence-electron chi connectivity index (χ4n) is 9.07. The molecule has 83 heavy (non-hydrogen) atoms. The Morgan fingerprint density at radius 3 is 1.83 bits per heavy atom. The van der Waals surface area contributed by atoms with E-state index in [9.17, 15) is 12.8 Å². The Kier molecular flexibility index (Phi) is 24.0. The molecule has 0 amide bonds. The Labute approximate surface area is 528 Å². The number of halogens is 4. The van der Waals surface area contributed by atoms with Gasteiger partial charge in [-0.05, 0) is 115 Å². The molecule has 6 saturated heterocycles. The van der Waals surface area contributed by atoms with Gasteiger partial charge >= 0.3 is 14.2 Å². The van der Waals surface area contributed by atoms with E-state index in [4.69, 9.17) is 43.7 Å². The highest BCUT2D eigenvalue weighted by Crippen LogP contribution is 2.38. The van der Waals surface area contributed by atoms with Gasteiger partial charge < -0.3 is 77.4 Å². The summed E-state index contributed by atoms with van der Waals surface area (Å²) in [7, 11) is -3.93. The number of aromatic amines is 1. The van der Waals surface area contributed by atoms with Crippen LogP contribution in [0.1, 0.15) is 98.7 Å². The number of aliphatic hydroxyl groups is 1. The Hall–Kier alpha value is -3.51. The number of hydrogen-bond acceptors (Lipinski definition) is 20. The summed E-state index contributed by atoms with van der Waals surface area (Å²) in [5.74, 6) is 1.30. The summed E-state index contributed by atoms with van der Waals surface area (Å²) in [6, 6.07) is 8.57. The van der Waals surface area contributed by atoms with Crippen LogP contribution in [0.5, 0.6) is 0 Å². The molecule has 6 aliphatic heterocycles. The van der Waals surface area contributed by atoms with Crippen LogP contribution < -0.4 is 50.4 Å². The highest BCUT2D eigenvalue weighted by molar-refractivity contribution is 14.0. The molecule has 5 aromatic heterocycles. The van der Waals surface area contributed by atoms with Gasteiger partial charge in [0.25, 0.3) is 10.1 Å². The lowest BCUT2D eigenvalue weighted by atomic mass is 9.82. The van der Waals surface area contributed by atoms with Gasteiger partial charge in [-0.3, -0.25) is 14.0 Å². The first kappa shape index (κ1) is 68.6. The lowest BCUT2D eigenvalue weighted by Gasteiger charge is -2.35. The summed E-state index contributed by atoms with van der Waals surface area (Å²) in [5, 5.41) is 23.9. The topological polar surface area (TPSA) is 263 Å². The Morgan fingerprint density at radius 2 is 1.33 bits per heavy atom. The maximum absolute atomic E-state index is 13.3. The SMILES string of the molecule is CC1(C)OB(c2cn[nH]c2)OC1(C)C.CC1(C)OB(c2cnn([C@@H]3CCOC3)c2)OC1(C)C.CS(=O)(=O)O[C@H]1CCOC1.C[C@](N)(c1ccc(F)cc1)c1cnc(N2CCN(c3ncnn4cc(Br)cc34)CC2)nc1.I.O[C@H]1CCOC1.[I-]. The predicted molar refractivity (Wildman–Crippen MR) is 323 cm³/mol.